The van der Waals surface area contributed by atoms with Gasteiger partial charge in [-0.1, -0.05) is 6.07 Å². The summed E-state index contributed by atoms with van der Waals surface area (Å²) in [4.78, 5) is 12.7. The molecule has 2 aromatic carbocycles. The summed E-state index contributed by atoms with van der Waals surface area (Å²) in [5.74, 6) is 0.855. The number of H-pyrrole nitrogens is 1. The molecule has 0 unspecified atom stereocenters. The number of aromatic nitrogens is 2. The fourth-order valence-electron chi connectivity index (χ4n) is 3.52. The molecule has 0 saturated carbocycles. The predicted octanol–water partition coefficient (Wildman–Crippen LogP) is 3.60. The minimum atomic E-state index is -0.179. The minimum Gasteiger partial charge on any atom is -0.508 e. The van der Waals surface area contributed by atoms with Crippen LogP contribution in [0.5, 0.6) is 11.5 Å². The number of ether oxygens (including phenoxy) is 1. The Kier molecular flexibility index (Phi) is 4.54. The van der Waals surface area contributed by atoms with Crippen molar-refractivity contribution in [3.05, 3.63) is 65.4 Å². The summed E-state index contributed by atoms with van der Waals surface area (Å²) in [6.07, 6.45) is 2.92. The second-order valence-electron chi connectivity index (χ2n) is 6.70. The van der Waals surface area contributed by atoms with Gasteiger partial charge < -0.3 is 15.2 Å². The topological polar surface area (TPSA) is 87.2 Å². The number of hydrogen-bond acceptors (Lipinski definition) is 4. The first kappa shape index (κ1) is 17.1. The molecule has 0 saturated heterocycles. The third-order valence-electron chi connectivity index (χ3n) is 4.96. The molecule has 1 aromatic heterocycles. The molecule has 138 valence electrons. The van der Waals surface area contributed by atoms with Gasteiger partial charge in [0.25, 0.3) is 5.91 Å². The van der Waals surface area contributed by atoms with Gasteiger partial charge in [-0.25, -0.2) is 0 Å². The van der Waals surface area contributed by atoms with Gasteiger partial charge in [-0.15, -0.1) is 0 Å². The summed E-state index contributed by atoms with van der Waals surface area (Å²) in [5, 5.41) is 19.5. The van der Waals surface area contributed by atoms with Crippen molar-refractivity contribution >= 4 is 5.91 Å². The van der Waals surface area contributed by atoms with Crippen molar-refractivity contribution in [3.8, 4) is 22.8 Å². The molecule has 0 spiro atoms. The van der Waals surface area contributed by atoms with Crippen molar-refractivity contribution in [2.24, 2.45) is 0 Å². The maximum absolute atomic E-state index is 12.7. The predicted molar refractivity (Wildman–Crippen MR) is 102 cm³/mol. The van der Waals surface area contributed by atoms with Gasteiger partial charge in [0.05, 0.1) is 18.8 Å². The Balaban J connectivity index is 1.51. The monoisotopic (exact) mass is 363 g/mol. The fraction of sp³-hybridized carbons (Fsp3) is 0.238. The van der Waals surface area contributed by atoms with E-state index in [1.807, 2.05) is 18.2 Å². The quantitative estimate of drug-likeness (QED) is 0.661. The number of hydrogen-bond donors (Lipinski definition) is 3. The van der Waals surface area contributed by atoms with Crippen molar-refractivity contribution in [3.63, 3.8) is 0 Å². The molecule has 0 radical (unpaired) electrons. The molecule has 6 nitrogen and oxygen atoms in total. The van der Waals surface area contributed by atoms with Crippen molar-refractivity contribution in [1.29, 1.82) is 0 Å². The van der Waals surface area contributed by atoms with Gasteiger partial charge in [-0.05, 0) is 72.9 Å². The van der Waals surface area contributed by atoms with E-state index in [-0.39, 0.29) is 17.7 Å². The van der Waals surface area contributed by atoms with Gasteiger partial charge in [0.15, 0.2) is 0 Å². The zero-order valence-electron chi connectivity index (χ0n) is 15.0. The van der Waals surface area contributed by atoms with Gasteiger partial charge in [-0.3, -0.25) is 9.89 Å². The van der Waals surface area contributed by atoms with Gasteiger partial charge >= 0.3 is 0 Å². The molecule has 3 N–H and O–H groups in total. The second-order valence-corrected chi connectivity index (χ2v) is 6.70. The molecule has 4 rings (SSSR count). The van der Waals surface area contributed by atoms with E-state index in [1.165, 1.54) is 5.56 Å². The molecule has 1 aliphatic rings. The number of rotatable bonds is 4. The molecular formula is C21H21N3O3. The average Bonchev–Trinajstić information content (AvgIpc) is 3.18. The molecule has 3 aromatic rings. The number of fused-ring (bicyclic) bond motifs is 1. The zero-order valence-corrected chi connectivity index (χ0v) is 15.0. The Hall–Kier alpha value is -3.28. The highest BCUT2D eigenvalue weighted by atomic mass is 16.5. The van der Waals surface area contributed by atoms with Crippen LogP contribution in [0.2, 0.25) is 0 Å². The van der Waals surface area contributed by atoms with Crippen LogP contribution in [-0.4, -0.2) is 28.3 Å². The van der Waals surface area contributed by atoms with E-state index in [1.54, 1.807) is 37.4 Å². The zero-order chi connectivity index (χ0) is 18.8. The van der Waals surface area contributed by atoms with Crippen molar-refractivity contribution in [1.82, 2.24) is 15.5 Å². The largest absolute Gasteiger partial charge is 0.508 e. The Morgan fingerprint density at radius 3 is 2.81 bits per heavy atom. The molecule has 6 heteroatoms. The molecule has 1 amide bonds. The van der Waals surface area contributed by atoms with Crippen LogP contribution < -0.4 is 10.1 Å². The Labute approximate surface area is 157 Å². The number of amides is 1. The Bertz CT molecular complexity index is 963. The van der Waals surface area contributed by atoms with Crippen LogP contribution >= 0.6 is 0 Å². The van der Waals surface area contributed by atoms with E-state index in [4.69, 9.17) is 4.74 Å². The highest BCUT2D eigenvalue weighted by molar-refractivity contribution is 5.93. The van der Waals surface area contributed by atoms with Crippen LogP contribution in [0, 0.1) is 0 Å². The van der Waals surface area contributed by atoms with E-state index in [0.29, 0.717) is 11.4 Å². The fourth-order valence-corrected chi connectivity index (χ4v) is 3.52. The number of carbonyl (C=O) groups excluding carboxylic acids is 1. The first-order valence-corrected chi connectivity index (χ1v) is 8.96. The van der Waals surface area contributed by atoms with Crippen LogP contribution in [0.1, 0.15) is 40.5 Å². The van der Waals surface area contributed by atoms with E-state index in [9.17, 15) is 9.90 Å². The summed E-state index contributed by atoms with van der Waals surface area (Å²) in [7, 11) is 1.66. The van der Waals surface area contributed by atoms with Crippen LogP contribution in [0.4, 0.5) is 0 Å². The summed E-state index contributed by atoms with van der Waals surface area (Å²) in [6.45, 7) is 0. The average molecular weight is 363 g/mol. The normalized spacial score (nSPS) is 15.8. The van der Waals surface area contributed by atoms with Crippen molar-refractivity contribution in [2.45, 2.75) is 25.3 Å². The number of phenolic OH excluding ortho intramolecular Hbond substituents is 1. The number of phenols is 1. The number of aryl methyl sites for hydroxylation is 1. The first-order valence-electron chi connectivity index (χ1n) is 8.96. The third kappa shape index (κ3) is 3.51. The molecular weight excluding hydrogens is 342 g/mol. The molecule has 1 heterocycles. The second kappa shape index (κ2) is 7.15. The molecule has 1 aliphatic carbocycles. The summed E-state index contributed by atoms with van der Waals surface area (Å²) in [5.41, 5.74) is 4.28. The molecule has 0 fully saturated rings. The van der Waals surface area contributed by atoms with Gasteiger partial charge in [0, 0.05) is 5.56 Å². The van der Waals surface area contributed by atoms with Crippen LogP contribution in [0.3, 0.4) is 0 Å². The lowest BCUT2D eigenvalue weighted by atomic mass is 9.87. The van der Waals surface area contributed by atoms with E-state index < -0.39 is 0 Å². The molecule has 1 atom stereocenters. The number of benzene rings is 2. The summed E-state index contributed by atoms with van der Waals surface area (Å²) in [6, 6.07) is 14.4. The maximum Gasteiger partial charge on any atom is 0.269 e. The number of methoxy groups -OCH3 is 1. The Morgan fingerprint density at radius 1 is 1.22 bits per heavy atom. The van der Waals surface area contributed by atoms with Gasteiger partial charge in [-0.2, -0.15) is 5.10 Å². The lowest BCUT2D eigenvalue weighted by molar-refractivity contribution is 0.0927. The lowest BCUT2D eigenvalue weighted by Gasteiger charge is -2.26. The number of nitrogens with zero attached hydrogens (tertiary/aromatic N) is 1. The maximum atomic E-state index is 12.7. The SMILES string of the molecule is COc1ccc2c(c1)CCC[C@H]2NC(=O)c1cc(-c2ccc(O)cc2)n[nH]1. The summed E-state index contributed by atoms with van der Waals surface area (Å²) < 4.78 is 5.30. The van der Waals surface area contributed by atoms with Crippen LogP contribution in [-0.2, 0) is 6.42 Å². The minimum absolute atomic E-state index is 0.0208. The van der Waals surface area contributed by atoms with Crippen molar-refractivity contribution in [2.75, 3.05) is 7.11 Å². The highest BCUT2D eigenvalue weighted by Gasteiger charge is 2.23. The number of aromatic hydroxyl groups is 1. The van der Waals surface area contributed by atoms with E-state index >= 15 is 0 Å². The number of aromatic amines is 1. The lowest BCUT2D eigenvalue weighted by Crippen LogP contribution is -2.31. The third-order valence-corrected chi connectivity index (χ3v) is 4.96. The molecule has 0 aliphatic heterocycles. The van der Waals surface area contributed by atoms with Gasteiger partial charge in [0.2, 0.25) is 0 Å². The Morgan fingerprint density at radius 2 is 2.04 bits per heavy atom. The van der Waals surface area contributed by atoms with Gasteiger partial charge in [0.1, 0.15) is 17.2 Å². The standard InChI is InChI=1S/C21H21N3O3/c1-27-16-9-10-17-14(11-16)3-2-4-18(17)22-21(26)20-12-19(23-24-20)13-5-7-15(25)8-6-13/h5-12,18,25H,2-4H2,1H3,(H,22,26)(H,23,24)/t18-/m1/s1. The highest BCUT2D eigenvalue weighted by Crippen LogP contribution is 2.32. The van der Waals surface area contributed by atoms with E-state index in [0.717, 1.165) is 36.1 Å². The van der Waals surface area contributed by atoms with Crippen LogP contribution in [0.25, 0.3) is 11.3 Å². The number of carbonyl (C=O) groups is 1. The molecule has 0 bridgehead atoms. The smallest absolute Gasteiger partial charge is 0.269 e. The number of nitrogens with one attached hydrogen (secondary N) is 2. The summed E-state index contributed by atoms with van der Waals surface area (Å²) >= 11 is 0. The first-order chi connectivity index (χ1) is 13.1. The van der Waals surface area contributed by atoms with Crippen LogP contribution in [0.15, 0.2) is 48.5 Å². The molecule has 27 heavy (non-hydrogen) atoms. The van der Waals surface area contributed by atoms with Crippen molar-refractivity contribution < 1.29 is 14.6 Å². The van der Waals surface area contributed by atoms with E-state index in [2.05, 4.69) is 15.5 Å².